The van der Waals surface area contributed by atoms with Gasteiger partial charge in [-0.3, -0.25) is 0 Å². The van der Waals surface area contributed by atoms with Gasteiger partial charge in [-0.1, -0.05) is 17.7 Å². The topological polar surface area (TPSA) is 21.3 Å². The smallest absolute Gasteiger partial charge is 0.0482 e. The minimum atomic E-state index is 0.788. The van der Waals surface area contributed by atoms with E-state index in [-0.39, 0.29) is 0 Å². The van der Waals surface area contributed by atoms with Crippen molar-refractivity contribution in [3.8, 4) is 0 Å². The third-order valence-electron chi connectivity index (χ3n) is 2.25. The van der Waals surface area contributed by atoms with Crippen LogP contribution in [0.1, 0.15) is 18.9 Å². The van der Waals surface area contributed by atoms with Gasteiger partial charge >= 0.3 is 0 Å². The molecule has 84 valence electrons. The van der Waals surface area contributed by atoms with E-state index in [0.29, 0.717) is 0 Å². The van der Waals surface area contributed by atoms with Crippen LogP contribution in [0, 0.1) is 6.92 Å². The molecular formula is C12H18ClNO. The van der Waals surface area contributed by atoms with Crippen molar-refractivity contribution in [3.05, 3.63) is 28.8 Å². The van der Waals surface area contributed by atoms with Gasteiger partial charge in [0.05, 0.1) is 0 Å². The highest BCUT2D eigenvalue weighted by molar-refractivity contribution is 6.31. The first-order valence-corrected chi connectivity index (χ1v) is 5.70. The maximum atomic E-state index is 6.01. The van der Waals surface area contributed by atoms with E-state index < -0.39 is 0 Å². The van der Waals surface area contributed by atoms with Crippen LogP contribution in [-0.2, 0) is 4.74 Å². The van der Waals surface area contributed by atoms with Gasteiger partial charge in [0.1, 0.15) is 0 Å². The zero-order chi connectivity index (χ0) is 11.1. The van der Waals surface area contributed by atoms with Crippen molar-refractivity contribution < 1.29 is 4.74 Å². The summed E-state index contributed by atoms with van der Waals surface area (Å²) < 4.78 is 5.26. The Kier molecular flexibility index (Phi) is 5.51. The Labute approximate surface area is 96.6 Å². The highest BCUT2D eigenvalue weighted by atomic mass is 35.5. The van der Waals surface area contributed by atoms with E-state index in [1.807, 2.05) is 32.0 Å². The largest absolute Gasteiger partial charge is 0.385 e. The predicted octanol–water partition coefficient (Wildman–Crippen LogP) is 3.49. The van der Waals surface area contributed by atoms with E-state index in [2.05, 4.69) is 5.32 Å². The molecule has 0 atom stereocenters. The first-order valence-electron chi connectivity index (χ1n) is 5.32. The van der Waals surface area contributed by atoms with Crippen LogP contribution < -0.4 is 5.32 Å². The predicted molar refractivity (Wildman–Crippen MR) is 65.8 cm³/mol. The molecule has 0 spiro atoms. The molecule has 0 aliphatic rings. The third kappa shape index (κ3) is 4.10. The monoisotopic (exact) mass is 227 g/mol. The second-order valence-corrected chi connectivity index (χ2v) is 3.80. The van der Waals surface area contributed by atoms with Crippen LogP contribution in [0.4, 0.5) is 5.69 Å². The fraction of sp³-hybridized carbons (Fsp3) is 0.500. The standard InChI is InChI=1S/C12H18ClNO/c1-3-15-9-5-8-14-12-7-4-6-11(13)10(12)2/h4,6-7,14H,3,5,8-9H2,1-2H3. The number of nitrogens with one attached hydrogen (secondary N) is 1. The lowest BCUT2D eigenvalue weighted by Gasteiger charge is -2.10. The molecule has 15 heavy (non-hydrogen) atoms. The molecule has 0 saturated heterocycles. The van der Waals surface area contributed by atoms with Gasteiger partial charge in [-0.15, -0.1) is 0 Å². The Balaban J connectivity index is 2.34. The van der Waals surface area contributed by atoms with Crippen LogP contribution in [0.3, 0.4) is 0 Å². The van der Waals surface area contributed by atoms with E-state index in [4.69, 9.17) is 16.3 Å². The number of hydrogen-bond donors (Lipinski definition) is 1. The molecule has 1 aromatic rings. The third-order valence-corrected chi connectivity index (χ3v) is 2.66. The average Bonchev–Trinajstić information content (AvgIpc) is 2.24. The molecule has 3 heteroatoms. The summed E-state index contributed by atoms with van der Waals surface area (Å²) in [6, 6.07) is 5.91. The molecule has 0 aliphatic carbocycles. The van der Waals surface area contributed by atoms with Crippen LogP contribution in [-0.4, -0.2) is 19.8 Å². The normalized spacial score (nSPS) is 10.3. The molecule has 0 aliphatic heterocycles. The summed E-state index contributed by atoms with van der Waals surface area (Å²) in [4.78, 5) is 0. The van der Waals surface area contributed by atoms with Crippen molar-refractivity contribution in [2.75, 3.05) is 25.1 Å². The van der Waals surface area contributed by atoms with E-state index in [1.54, 1.807) is 0 Å². The molecule has 0 fully saturated rings. The molecule has 0 radical (unpaired) electrons. The van der Waals surface area contributed by atoms with Gasteiger partial charge in [-0.05, 0) is 38.0 Å². The summed E-state index contributed by atoms with van der Waals surface area (Å²) >= 11 is 6.01. The van der Waals surface area contributed by atoms with Gasteiger partial charge in [-0.25, -0.2) is 0 Å². The molecular weight excluding hydrogens is 210 g/mol. The number of benzene rings is 1. The molecule has 0 saturated carbocycles. The summed E-state index contributed by atoms with van der Waals surface area (Å²) in [5.74, 6) is 0. The maximum absolute atomic E-state index is 6.01. The van der Waals surface area contributed by atoms with Crippen molar-refractivity contribution in [1.29, 1.82) is 0 Å². The number of anilines is 1. The Hall–Kier alpha value is -0.730. The van der Waals surface area contributed by atoms with Crippen molar-refractivity contribution in [1.82, 2.24) is 0 Å². The lowest BCUT2D eigenvalue weighted by atomic mass is 10.2. The second kappa shape index (κ2) is 6.70. The minimum absolute atomic E-state index is 0.788. The van der Waals surface area contributed by atoms with Crippen LogP contribution in [0.25, 0.3) is 0 Å². The highest BCUT2D eigenvalue weighted by Crippen LogP contribution is 2.22. The molecule has 0 amide bonds. The minimum Gasteiger partial charge on any atom is -0.385 e. The highest BCUT2D eigenvalue weighted by Gasteiger charge is 2.00. The SMILES string of the molecule is CCOCCCNc1cccc(Cl)c1C. The molecule has 0 unspecified atom stereocenters. The Morgan fingerprint density at radius 1 is 1.40 bits per heavy atom. The second-order valence-electron chi connectivity index (χ2n) is 3.39. The van der Waals surface area contributed by atoms with Gasteiger partial charge in [0.15, 0.2) is 0 Å². The van der Waals surface area contributed by atoms with E-state index >= 15 is 0 Å². The Bertz CT molecular complexity index is 302. The quantitative estimate of drug-likeness (QED) is 0.752. The van der Waals surface area contributed by atoms with Crippen molar-refractivity contribution in [3.63, 3.8) is 0 Å². The lowest BCUT2D eigenvalue weighted by molar-refractivity contribution is 0.147. The van der Waals surface area contributed by atoms with Gasteiger partial charge < -0.3 is 10.1 Å². The fourth-order valence-electron chi connectivity index (χ4n) is 1.34. The zero-order valence-corrected chi connectivity index (χ0v) is 10.1. The Morgan fingerprint density at radius 3 is 2.93 bits per heavy atom. The first kappa shape index (κ1) is 12.3. The van der Waals surface area contributed by atoms with Gasteiger partial charge in [-0.2, -0.15) is 0 Å². The molecule has 2 nitrogen and oxygen atoms in total. The van der Waals surface area contributed by atoms with E-state index in [9.17, 15) is 0 Å². The summed E-state index contributed by atoms with van der Waals surface area (Å²) in [5.41, 5.74) is 2.22. The molecule has 0 heterocycles. The van der Waals surface area contributed by atoms with Crippen LogP contribution in [0.15, 0.2) is 18.2 Å². The average molecular weight is 228 g/mol. The van der Waals surface area contributed by atoms with E-state index in [0.717, 1.165) is 42.5 Å². The summed E-state index contributed by atoms with van der Waals surface area (Å²) in [7, 11) is 0. The number of hydrogen-bond acceptors (Lipinski definition) is 2. The first-order chi connectivity index (χ1) is 7.25. The van der Waals surface area contributed by atoms with Gasteiger partial charge in [0.2, 0.25) is 0 Å². The molecule has 1 aromatic carbocycles. The molecule has 0 aromatic heterocycles. The van der Waals surface area contributed by atoms with Gasteiger partial charge in [0, 0.05) is 30.5 Å². The lowest BCUT2D eigenvalue weighted by Crippen LogP contribution is -2.06. The van der Waals surface area contributed by atoms with Crippen molar-refractivity contribution >= 4 is 17.3 Å². The van der Waals surface area contributed by atoms with Crippen molar-refractivity contribution in [2.45, 2.75) is 20.3 Å². The fourth-order valence-corrected chi connectivity index (χ4v) is 1.52. The summed E-state index contributed by atoms with van der Waals surface area (Å²) in [5, 5.41) is 4.16. The summed E-state index contributed by atoms with van der Waals surface area (Å²) in [6.07, 6.45) is 1.01. The molecule has 0 bridgehead atoms. The van der Waals surface area contributed by atoms with Crippen molar-refractivity contribution in [2.24, 2.45) is 0 Å². The zero-order valence-electron chi connectivity index (χ0n) is 9.35. The molecule has 1 rings (SSSR count). The number of rotatable bonds is 6. The van der Waals surface area contributed by atoms with E-state index in [1.165, 1.54) is 0 Å². The Morgan fingerprint density at radius 2 is 2.20 bits per heavy atom. The number of ether oxygens (including phenoxy) is 1. The summed E-state index contributed by atoms with van der Waals surface area (Å²) in [6.45, 7) is 6.54. The number of halogens is 1. The van der Waals surface area contributed by atoms with Crippen LogP contribution in [0.2, 0.25) is 5.02 Å². The maximum Gasteiger partial charge on any atom is 0.0482 e. The van der Waals surface area contributed by atoms with Crippen LogP contribution in [0.5, 0.6) is 0 Å². The van der Waals surface area contributed by atoms with Gasteiger partial charge in [0.25, 0.3) is 0 Å². The molecule has 1 N–H and O–H groups in total. The van der Waals surface area contributed by atoms with Crippen LogP contribution >= 0.6 is 11.6 Å².